The van der Waals surface area contributed by atoms with E-state index in [-0.39, 0.29) is 24.1 Å². The summed E-state index contributed by atoms with van der Waals surface area (Å²) >= 11 is 0. The van der Waals surface area contributed by atoms with Crippen molar-refractivity contribution in [3.63, 3.8) is 0 Å². The third-order valence-corrected chi connectivity index (χ3v) is 5.62. The highest BCUT2D eigenvalue weighted by molar-refractivity contribution is 5.85. The third-order valence-electron chi connectivity index (χ3n) is 5.62. The van der Waals surface area contributed by atoms with E-state index < -0.39 is 0 Å². The van der Waals surface area contributed by atoms with E-state index >= 15 is 0 Å². The predicted molar refractivity (Wildman–Crippen MR) is 109 cm³/mol. The maximum Gasteiger partial charge on any atom is 0.227 e. The van der Waals surface area contributed by atoms with E-state index in [4.69, 9.17) is 4.52 Å². The van der Waals surface area contributed by atoms with Gasteiger partial charge in [-0.05, 0) is 37.1 Å². The van der Waals surface area contributed by atoms with Crippen molar-refractivity contribution in [3.8, 4) is 11.4 Å². The molecule has 2 aliphatic rings. The number of likely N-dealkylation sites (tertiary alicyclic amines) is 1. The van der Waals surface area contributed by atoms with Crippen LogP contribution in [0.15, 0.2) is 22.7 Å². The van der Waals surface area contributed by atoms with Crippen molar-refractivity contribution in [3.05, 3.63) is 35.5 Å². The maximum absolute atomic E-state index is 13.4. The molecule has 1 aromatic carbocycles. The first-order chi connectivity index (χ1) is 13.6. The Kier molecular flexibility index (Phi) is 7.21. The molecule has 2 aromatic rings. The molecule has 1 amide bonds. The van der Waals surface area contributed by atoms with Crippen molar-refractivity contribution >= 4 is 18.3 Å². The molecule has 1 unspecified atom stereocenters. The largest absolute Gasteiger partial charge is 0.341 e. The summed E-state index contributed by atoms with van der Waals surface area (Å²) in [4.78, 5) is 21.4. The quantitative estimate of drug-likeness (QED) is 0.793. The van der Waals surface area contributed by atoms with E-state index in [9.17, 15) is 9.18 Å². The summed E-state index contributed by atoms with van der Waals surface area (Å²) in [6.07, 6.45) is 1.82. The molecule has 2 fully saturated rings. The smallest absolute Gasteiger partial charge is 0.227 e. The van der Waals surface area contributed by atoms with Crippen LogP contribution in [0.2, 0.25) is 0 Å². The van der Waals surface area contributed by atoms with Crippen LogP contribution in [0.4, 0.5) is 4.39 Å². The molecule has 158 valence electrons. The Bertz CT molecular complexity index is 840. The first-order valence-corrected chi connectivity index (χ1v) is 9.92. The third kappa shape index (κ3) is 5.12. The lowest BCUT2D eigenvalue weighted by atomic mass is 10.1. The minimum atomic E-state index is -0.261. The Labute approximate surface area is 176 Å². The number of carbonyl (C=O) groups is 1. The van der Waals surface area contributed by atoms with Gasteiger partial charge in [0.05, 0.1) is 0 Å². The number of halogens is 2. The lowest BCUT2D eigenvalue weighted by Gasteiger charge is -2.32. The van der Waals surface area contributed by atoms with Gasteiger partial charge < -0.3 is 14.7 Å². The molecule has 1 atom stereocenters. The lowest BCUT2D eigenvalue weighted by molar-refractivity contribution is -0.130. The van der Waals surface area contributed by atoms with Gasteiger partial charge in [0.15, 0.2) is 0 Å². The standard InChI is InChI=1S/C20H26FN5O2.ClH/c1-14-12-15(2-3-17(14)21)20-23-18(28-24-20)4-5-19(27)26-9-6-16(13-26)25-10-7-22-8-11-25;/h2-3,12,16,22H,4-11,13H2,1H3;1H. The lowest BCUT2D eigenvalue weighted by Crippen LogP contribution is -2.49. The predicted octanol–water partition coefficient (Wildman–Crippen LogP) is 2.04. The van der Waals surface area contributed by atoms with Gasteiger partial charge in [0.1, 0.15) is 5.82 Å². The summed E-state index contributed by atoms with van der Waals surface area (Å²) in [6.45, 7) is 7.48. The van der Waals surface area contributed by atoms with E-state index in [1.165, 1.54) is 6.07 Å². The summed E-state index contributed by atoms with van der Waals surface area (Å²) in [5.74, 6) is 0.728. The molecule has 0 aliphatic carbocycles. The van der Waals surface area contributed by atoms with E-state index in [0.717, 1.165) is 45.7 Å². The minimum absolute atomic E-state index is 0. The van der Waals surface area contributed by atoms with Gasteiger partial charge in [-0.15, -0.1) is 12.4 Å². The highest BCUT2D eigenvalue weighted by atomic mass is 35.5. The second-order valence-electron chi connectivity index (χ2n) is 7.54. The molecule has 7 nitrogen and oxygen atoms in total. The van der Waals surface area contributed by atoms with Gasteiger partial charge in [-0.25, -0.2) is 4.39 Å². The molecule has 2 aliphatic heterocycles. The summed E-state index contributed by atoms with van der Waals surface area (Å²) in [5, 5.41) is 7.33. The van der Waals surface area contributed by atoms with E-state index in [2.05, 4.69) is 20.4 Å². The average molecular weight is 424 g/mol. The second-order valence-corrected chi connectivity index (χ2v) is 7.54. The fraction of sp³-hybridized carbons (Fsp3) is 0.550. The molecule has 1 aromatic heterocycles. The number of rotatable bonds is 5. The van der Waals surface area contributed by atoms with Gasteiger partial charge in [-0.3, -0.25) is 9.69 Å². The van der Waals surface area contributed by atoms with Crippen molar-refractivity contribution in [1.29, 1.82) is 0 Å². The number of hydrogen-bond acceptors (Lipinski definition) is 6. The number of aryl methyl sites for hydroxylation is 2. The topological polar surface area (TPSA) is 74.5 Å². The monoisotopic (exact) mass is 423 g/mol. The Morgan fingerprint density at radius 3 is 2.86 bits per heavy atom. The van der Waals surface area contributed by atoms with Crippen LogP contribution in [0.1, 0.15) is 24.3 Å². The molecule has 2 saturated heterocycles. The molecule has 3 heterocycles. The summed E-state index contributed by atoms with van der Waals surface area (Å²) in [7, 11) is 0. The number of piperazine rings is 1. The van der Waals surface area contributed by atoms with Gasteiger partial charge in [0.25, 0.3) is 0 Å². The summed E-state index contributed by atoms with van der Waals surface area (Å²) < 4.78 is 18.7. The molecule has 4 rings (SSSR count). The number of hydrogen-bond donors (Lipinski definition) is 1. The molecule has 0 radical (unpaired) electrons. The zero-order valence-corrected chi connectivity index (χ0v) is 17.4. The second kappa shape index (κ2) is 9.65. The highest BCUT2D eigenvalue weighted by Crippen LogP contribution is 2.20. The minimum Gasteiger partial charge on any atom is -0.341 e. The van der Waals surface area contributed by atoms with Crippen molar-refractivity contribution < 1.29 is 13.7 Å². The Morgan fingerprint density at radius 1 is 1.31 bits per heavy atom. The van der Waals surface area contributed by atoms with Crippen molar-refractivity contribution in [2.45, 2.75) is 32.2 Å². The first-order valence-electron chi connectivity index (χ1n) is 9.92. The first kappa shape index (κ1) is 21.7. The number of amides is 1. The van der Waals surface area contributed by atoms with Gasteiger partial charge in [0, 0.05) is 63.7 Å². The van der Waals surface area contributed by atoms with E-state index in [1.807, 2.05) is 4.90 Å². The fourth-order valence-corrected chi connectivity index (χ4v) is 3.94. The molecule has 0 spiro atoms. The van der Waals surface area contributed by atoms with Gasteiger partial charge in [0.2, 0.25) is 17.6 Å². The van der Waals surface area contributed by atoms with Crippen molar-refractivity contribution in [2.75, 3.05) is 39.3 Å². The van der Waals surface area contributed by atoms with Crippen LogP contribution in [0.25, 0.3) is 11.4 Å². The van der Waals surface area contributed by atoms with Gasteiger partial charge in [-0.2, -0.15) is 4.98 Å². The van der Waals surface area contributed by atoms with Crippen LogP contribution < -0.4 is 5.32 Å². The Balaban J connectivity index is 0.00000240. The molecular weight excluding hydrogens is 397 g/mol. The molecule has 0 bridgehead atoms. The van der Waals surface area contributed by atoms with E-state index in [0.29, 0.717) is 41.7 Å². The van der Waals surface area contributed by atoms with Crippen LogP contribution in [0, 0.1) is 12.7 Å². The number of benzene rings is 1. The summed E-state index contributed by atoms with van der Waals surface area (Å²) in [5.41, 5.74) is 1.24. The summed E-state index contributed by atoms with van der Waals surface area (Å²) in [6, 6.07) is 5.19. The van der Waals surface area contributed by atoms with Crippen LogP contribution in [-0.2, 0) is 11.2 Å². The van der Waals surface area contributed by atoms with Gasteiger partial charge >= 0.3 is 0 Å². The molecule has 1 N–H and O–H groups in total. The average Bonchev–Trinajstić information content (AvgIpc) is 3.39. The van der Waals surface area contributed by atoms with Crippen molar-refractivity contribution in [1.82, 2.24) is 25.3 Å². The molecule has 9 heteroatoms. The zero-order chi connectivity index (χ0) is 19.5. The Morgan fingerprint density at radius 2 is 2.10 bits per heavy atom. The number of nitrogens with zero attached hydrogens (tertiary/aromatic N) is 4. The molecular formula is C20H27ClFN5O2. The maximum atomic E-state index is 13.4. The van der Waals surface area contributed by atoms with Crippen molar-refractivity contribution in [2.24, 2.45) is 0 Å². The fourth-order valence-electron chi connectivity index (χ4n) is 3.94. The van der Waals surface area contributed by atoms with Gasteiger partial charge in [-0.1, -0.05) is 5.16 Å². The normalized spacial score (nSPS) is 19.9. The van der Waals surface area contributed by atoms with Crippen LogP contribution in [0.3, 0.4) is 0 Å². The number of nitrogens with one attached hydrogen (secondary N) is 1. The number of aromatic nitrogens is 2. The Hall–Kier alpha value is -2.03. The SMILES string of the molecule is Cc1cc(-c2noc(CCC(=O)N3CCC(N4CCNCC4)C3)n2)ccc1F.Cl. The molecule has 29 heavy (non-hydrogen) atoms. The number of carbonyl (C=O) groups excluding carboxylic acids is 1. The van der Waals surface area contributed by atoms with E-state index in [1.54, 1.807) is 19.1 Å². The van der Waals surface area contributed by atoms with Crippen LogP contribution >= 0.6 is 12.4 Å². The molecule has 0 saturated carbocycles. The van der Waals surface area contributed by atoms with Crippen LogP contribution in [0.5, 0.6) is 0 Å². The highest BCUT2D eigenvalue weighted by Gasteiger charge is 2.30. The van der Waals surface area contributed by atoms with Crippen LogP contribution in [-0.4, -0.2) is 71.2 Å². The zero-order valence-electron chi connectivity index (χ0n) is 16.6.